The Hall–Kier alpha value is -1.54. The van der Waals surface area contributed by atoms with Gasteiger partial charge in [0.25, 0.3) is 0 Å². The molecule has 0 aliphatic heterocycles. The van der Waals surface area contributed by atoms with E-state index in [0.717, 1.165) is 6.20 Å². The van der Waals surface area contributed by atoms with Crippen molar-refractivity contribution in [1.29, 1.82) is 0 Å². The fourth-order valence-corrected chi connectivity index (χ4v) is 0.984. The number of nitrogens with zero attached hydrogens (tertiary/aromatic N) is 4. The number of aromatic nitrogens is 3. The average molecular weight is 216 g/mol. The molecule has 0 spiro atoms. The van der Waals surface area contributed by atoms with Crippen molar-refractivity contribution in [3.63, 3.8) is 0 Å². The topological polar surface area (TPSA) is 103 Å². The van der Waals surface area contributed by atoms with Gasteiger partial charge >= 0.3 is 5.82 Å². The van der Waals surface area contributed by atoms with Crippen LogP contribution in [-0.2, 0) is 11.3 Å². The lowest BCUT2D eigenvalue weighted by Crippen LogP contribution is -2.22. The summed E-state index contributed by atoms with van der Waals surface area (Å²) in [4.78, 5) is 9.63. The van der Waals surface area contributed by atoms with E-state index in [0.29, 0.717) is 6.61 Å². The molecule has 0 radical (unpaired) electrons. The van der Waals surface area contributed by atoms with Crippen LogP contribution in [0.5, 0.6) is 0 Å². The molecular weight excluding hydrogens is 204 g/mol. The standard InChI is InChI=1S/C7H12N4O4/c1-2-15-5-6(12)3-10-4-7(8-9-10)11(13)14/h4,6,12H,2-3,5H2,1H3. The van der Waals surface area contributed by atoms with Gasteiger partial charge in [-0.3, -0.25) is 0 Å². The molecule has 0 saturated carbocycles. The Bertz CT molecular complexity index is 327. The molecule has 1 aromatic rings. The van der Waals surface area contributed by atoms with Gasteiger partial charge in [0.1, 0.15) is 11.3 Å². The first-order valence-electron chi connectivity index (χ1n) is 4.43. The lowest BCUT2D eigenvalue weighted by Gasteiger charge is -2.08. The Morgan fingerprint density at radius 1 is 1.80 bits per heavy atom. The predicted molar refractivity (Wildman–Crippen MR) is 49.2 cm³/mol. The maximum atomic E-state index is 10.3. The van der Waals surface area contributed by atoms with Crippen molar-refractivity contribution in [3.05, 3.63) is 16.3 Å². The van der Waals surface area contributed by atoms with E-state index < -0.39 is 11.0 Å². The third-order valence-electron chi connectivity index (χ3n) is 1.63. The van der Waals surface area contributed by atoms with E-state index in [-0.39, 0.29) is 19.0 Å². The lowest BCUT2D eigenvalue weighted by atomic mass is 10.4. The minimum Gasteiger partial charge on any atom is -0.389 e. The van der Waals surface area contributed by atoms with Crippen molar-refractivity contribution >= 4 is 5.82 Å². The zero-order chi connectivity index (χ0) is 11.3. The molecule has 1 heterocycles. The van der Waals surface area contributed by atoms with Gasteiger partial charge in [0.2, 0.25) is 0 Å². The van der Waals surface area contributed by atoms with Gasteiger partial charge in [0.05, 0.1) is 24.5 Å². The number of hydrogen-bond donors (Lipinski definition) is 1. The van der Waals surface area contributed by atoms with Crippen LogP contribution in [0.15, 0.2) is 6.20 Å². The molecule has 0 aliphatic rings. The van der Waals surface area contributed by atoms with Gasteiger partial charge in [-0.2, -0.15) is 0 Å². The van der Waals surface area contributed by atoms with Gasteiger partial charge in [-0.25, -0.2) is 4.68 Å². The Labute approximate surface area is 85.6 Å². The van der Waals surface area contributed by atoms with Crippen LogP contribution in [0.25, 0.3) is 0 Å². The first-order valence-corrected chi connectivity index (χ1v) is 4.43. The quantitative estimate of drug-likeness (QED) is 0.511. The minimum absolute atomic E-state index is 0.126. The second-order valence-electron chi connectivity index (χ2n) is 2.87. The molecule has 8 heteroatoms. The van der Waals surface area contributed by atoms with Crippen molar-refractivity contribution < 1.29 is 14.8 Å². The molecule has 8 nitrogen and oxygen atoms in total. The van der Waals surface area contributed by atoms with Crippen LogP contribution in [-0.4, -0.2) is 44.3 Å². The summed E-state index contributed by atoms with van der Waals surface area (Å²) in [6, 6.07) is 0. The van der Waals surface area contributed by atoms with E-state index in [9.17, 15) is 15.2 Å². The van der Waals surface area contributed by atoms with E-state index >= 15 is 0 Å². The zero-order valence-corrected chi connectivity index (χ0v) is 8.24. The van der Waals surface area contributed by atoms with Crippen molar-refractivity contribution in [1.82, 2.24) is 15.0 Å². The van der Waals surface area contributed by atoms with Gasteiger partial charge in [0, 0.05) is 6.61 Å². The molecule has 1 unspecified atom stereocenters. The van der Waals surface area contributed by atoms with Crippen LogP contribution in [0.1, 0.15) is 6.92 Å². The SMILES string of the molecule is CCOCC(O)Cn1cc([N+](=O)[O-])nn1. The maximum Gasteiger partial charge on any atom is 0.410 e. The second-order valence-corrected chi connectivity index (χ2v) is 2.87. The summed E-state index contributed by atoms with van der Waals surface area (Å²) in [6.07, 6.45) is 0.418. The highest BCUT2D eigenvalue weighted by atomic mass is 16.6. The minimum atomic E-state index is -0.744. The molecule has 0 bridgehead atoms. The van der Waals surface area contributed by atoms with Crippen molar-refractivity contribution in [3.8, 4) is 0 Å². The number of nitro groups is 1. The molecule has 84 valence electrons. The molecule has 1 rings (SSSR count). The van der Waals surface area contributed by atoms with Crippen molar-refractivity contribution in [2.24, 2.45) is 0 Å². The molecule has 1 aromatic heterocycles. The summed E-state index contributed by atoms with van der Waals surface area (Å²) in [6.45, 7) is 2.62. The summed E-state index contributed by atoms with van der Waals surface area (Å²) < 4.78 is 6.19. The van der Waals surface area contributed by atoms with Crippen LogP contribution in [0.4, 0.5) is 5.82 Å². The van der Waals surface area contributed by atoms with E-state index in [1.165, 1.54) is 4.68 Å². The first-order chi connectivity index (χ1) is 7.13. The summed E-state index contributed by atoms with van der Waals surface area (Å²) in [5.74, 6) is -0.335. The third kappa shape index (κ3) is 3.60. The van der Waals surface area contributed by atoms with Gasteiger partial charge in [-0.15, -0.1) is 0 Å². The van der Waals surface area contributed by atoms with Crippen LogP contribution >= 0.6 is 0 Å². The lowest BCUT2D eigenvalue weighted by molar-refractivity contribution is -0.389. The van der Waals surface area contributed by atoms with E-state index in [1.54, 1.807) is 0 Å². The molecule has 1 N–H and O–H groups in total. The van der Waals surface area contributed by atoms with Crippen molar-refractivity contribution in [2.75, 3.05) is 13.2 Å². The molecule has 0 aliphatic carbocycles. The number of rotatable bonds is 6. The predicted octanol–water partition coefficient (Wildman–Crippen LogP) is -0.416. The van der Waals surface area contributed by atoms with E-state index in [2.05, 4.69) is 10.3 Å². The van der Waals surface area contributed by atoms with E-state index in [4.69, 9.17) is 4.74 Å². The normalized spacial score (nSPS) is 12.7. The summed E-state index contributed by atoms with van der Waals surface area (Å²) in [5, 5.41) is 26.5. The summed E-state index contributed by atoms with van der Waals surface area (Å²) in [7, 11) is 0. The number of ether oxygens (including phenoxy) is 1. The summed E-state index contributed by atoms with van der Waals surface area (Å²) >= 11 is 0. The van der Waals surface area contributed by atoms with E-state index in [1.807, 2.05) is 6.92 Å². The maximum absolute atomic E-state index is 10.3. The monoisotopic (exact) mass is 216 g/mol. The molecule has 0 fully saturated rings. The van der Waals surface area contributed by atoms with Gasteiger partial charge in [-0.1, -0.05) is 0 Å². The first kappa shape index (κ1) is 11.5. The van der Waals surface area contributed by atoms with Crippen LogP contribution in [0.3, 0.4) is 0 Å². The highest BCUT2D eigenvalue weighted by molar-refractivity contribution is 5.08. The van der Waals surface area contributed by atoms with Gasteiger partial charge in [0.15, 0.2) is 0 Å². The largest absolute Gasteiger partial charge is 0.410 e. The molecule has 15 heavy (non-hydrogen) atoms. The number of aliphatic hydroxyl groups excluding tert-OH is 1. The highest BCUT2D eigenvalue weighted by Gasteiger charge is 2.14. The summed E-state index contributed by atoms with van der Waals surface area (Å²) in [5.41, 5.74) is 0. The van der Waals surface area contributed by atoms with Crippen molar-refractivity contribution in [2.45, 2.75) is 19.6 Å². The Kier molecular flexibility index (Phi) is 4.13. The van der Waals surface area contributed by atoms with Gasteiger partial charge < -0.3 is 20.0 Å². The fraction of sp³-hybridized carbons (Fsp3) is 0.714. The fourth-order valence-electron chi connectivity index (χ4n) is 0.984. The molecule has 0 saturated heterocycles. The van der Waals surface area contributed by atoms with Crippen LogP contribution < -0.4 is 0 Å². The molecule has 0 aromatic carbocycles. The third-order valence-corrected chi connectivity index (χ3v) is 1.63. The molecule has 1 atom stereocenters. The smallest absolute Gasteiger partial charge is 0.389 e. The molecular formula is C7H12N4O4. The average Bonchev–Trinajstić information content (AvgIpc) is 2.63. The molecule has 0 amide bonds. The van der Waals surface area contributed by atoms with Gasteiger partial charge in [-0.05, 0) is 11.8 Å². The van der Waals surface area contributed by atoms with Crippen LogP contribution in [0, 0.1) is 10.1 Å². The second kappa shape index (κ2) is 5.37. The Morgan fingerprint density at radius 2 is 2.53 bits per heavy atom. The highest BCUT2D eigenvalue weighted by Crippen LogP contribution is 2.03. The zero-order valence-electron chi connectivity index (χ0n) is 8.24. The Balaban J connectivity index is 2.46. The van der Waals surface area contributed by atoms with Crippen LogP contribution in [0.2, 0.25) is 0 Å². The number of aliphatic hydroxyl groups is 1. The Morgan fingerprint density at radius 3 is 3.07 bits per heavy atom. The number of hydrogen-bond acceptors (Lipinski definition) is 6.